The molecule has 2 atom stereocenters. The van der Waals surface area contributed by atoms with E-state index >= 15 is 0 Å². The number of nitrogens with one attached hydrogen (secondary N) is 2. The van der Waals surface area contributed by atoms with Crippen LogP contribution < -0.4 is 19.7 Å². The fourth-order valence-corrected chi connectivity index (χ4v) is 7.31. The summed E-state index contributed by atoms with van der Waals surface area (Å²) in [6.07, 6.45) is 5.77. The molecule has 1 amide bonds. The third-order valence-corrected chi connectivity index (χ3v) is 10.2. The molecule has 0 saturated carbocycles. The lowest BCUT2D eigenvalue weighted by atomic mass is 9.86. The van der Waals surface area contributed by atoms with Gasteiger partial charge in [0.15, 0.2) is 0 Å². The van der Waals surface area contributed by atoms with Crippen LogP contribution >= 0.6 is 11.9 Å². The first-order chi connectivity index (χ1) is 22.6. The second-order valence-electron chi connectivity index (χ2n) is 16.3. The fraction of sp³-hybridized carbons (Fsp3) is 0.487. The molecule has 2 N–H and O–H groups in total. The van der Waals surface area contributed by atoms with E-state index in [1.807, 2.05) is 48.7 Å². The van der Waals surface area contributed by atoms with E-state index in [4.69, 9.17) is 19.7 Å². The Morgan fingerprint density at radius 1 is 1.00 bits per heavy atom. The summed E-state index contributed by atoms with van der Waals surface area (Å²) in [6, 6.07) is 18.2. The highest BCUT2D eigenvalue weighted by Crippen LogP contribution is 2.42. The molecule has 2 aliphatic heterocycles. The summed E-state index contributed by atoms with van der Waals surface area (Å²) in [5, 5.41) is 5.31. The zero-order valence-corrected chi connectivity index (χ0v) is 30.5. The van der Waals surface area contributed by atoms with Crippen LogP contribution in [0.15, 0.2) is 65.8 Å². The standard InChI is InChI=1S/C39H50N6O2S/c1-37(2,3)17-19-47-28-14-13-26-20-29-35(42-31(26)22-28)45-24-25(23-39(45,7)8)12-15-30(32-21-27(16-18-40-32)38(4,5)6)41-33-10-9-11-34(43-33)48-44-36(29)46/h9-11,13-14,16,18,20-22,25,30H,12,15,17,19,23-24H2,1-8H3,(H,41,43)(H,44,46)/t25-,30?/m0/s1. The van der Waals surface area contributed by atoms with Crippen LogP contribution in [0.1, 0.15) is 109 Å². The van der Waals surface area contributed by atoms with E-state index in [-0.39, 0.29) is 28.3 Å². The van der Waals surface area contributed by atoms with E-state index in [0.717, 1.165) is 60.4 Å². The van der Waals surface area contributed by atoms with E-state index in [1.165, 1.54) is 17.5 Å². The highest BCUT2D eigenvalue weighted by atomic mass is 32.2. The Bertz CT molecular complexity index is 1790. The van der Waals surface area contributed by atoms with E-state index in [1.54, 1.807) is 0 Å². The summed E-state index contributed by atoms with van der Waals surface area (Å²) in [7, 11) is 0. The Morgan fingerprint density at radius 2 is 1.81 bits per heavy atom. The third-order valence-electron chi connectivity index (χ3n) is 9.51. The molecule has 0 aliphatic carbocycles. The van der Waals surface area contributed by atoms with Crippen molar-refractivity contribution in [3.63, 3.8) is 0 Å². The number of ether oxygens (including phenoxy) is 1. The number of carbonyl (C=O) groups is 1. The smallest absolute Gasteiger partial charge is 0.265 e. The molecule has 2 aliphatic rings. The molecule has 9 heteroatoms. The summed E-state index contributed by atoms with van der Waals surface area (Å²) in [5.74, 6) is 2.49. The topological polar surface area (TPSA) is 92.3 Å². The number of hydrogen-bond acceptors (Lipinski definition) is 8. The predicted octanol–water partition coefficient (Wildman–Crippen LogP) is 9.13. The van der Waals surface area contributed by atoms with Gasteiger partial charge >= 0.3 is 0 Å². The van der Waals surface area contributed by atoms with Crippen molar-refractivity contribution in [2.45, 2.75) is 103 Å². The third kappa shape index (κ3) is 7.88. The van der Waals surface area contributed by atoms with Crippen molar-refractivity contribution in [1.29, 1.82) is 0 Å². The predicted molar refractivity (Wildman–Crippen MR) is 197 cm³/mol. The summed E-state index contributed by atoms with van der Waals surface area (Å²) in [5.41, 5.74) is 3.69. The lowest BCUT2D eigenvalue weighted by Crippen LogP contribution is -2.40. The first-order valence-electron chi connectivity index (χ1n) is 17.2. The molecule has 1 aromatic carbocycles. The Kier molecular flexibility index (Phi) is 9.37. The second-order valence-corrected chi connectivity index (χ2v) is 17.1. The molecule has 1 fully saturated rings. The first-order valence-corrected chi connectivity index (χ1v) is 18.0. The number of amides is 1. The lowest BCUT2D eigenvalue weighted by Gasteiger charge is -2.34. The number of hydrogen-bond donors (Lipinski definition) is 2. The number of pyridine rings is 3. The molecule has 4 bridgehead atoms. The first kappa shape index (κ1) is 34.0. The maximum Gasteiger partial charge on any atom is 0.265 e. The van der Waals surface area contributed by atoms with Crippen molar-refractivity contribution in [1.82, 2.24) is 19.7 Å². The van der Waals surface area contributed by atoms with Gasteiger partial charge in [0.25, 0.3) is 5.91 Å². The lowest BCUT2D eigenvalue weighted by molar-refractivity contribution is 0.0984. The second kappa shape index (κ2) is 13.2. The number of benzene rings is 1. The van der Waals surface area contributed by atoms with Crippen LogP contribution in [0.4, 0.5) is 11.6 Å². The van der Waals surface area contributed by atoms with Crippen molar-refractivity contribution in [3.8, 4) is 5.75 Å². The number of aromatic nitrogens is 3. The molecular formula is C39H50N6O2S. The quantitative estimate of drug-likeness (QED) is 0.209. The van der Waals surface area contributed by atoms with E-state index in [9.17, 15) is 4.79 Å². The maximum absolute atomic E-state index is 13.9. The van der Waals surface area contributed by atoms with Gasteiger partial charge in [-0.25, -0.2) is 9.97 Å². The number of nitrogens with zero attached hydrogens (tertiary/aromatic N) is 4. The normalized spacial score (nSPS) is 19.9. The minimum Gasteiger partial charge on any atom is -0.493 e. The zero-order valence-electron chi connectivity index (χ0n) is 29.7. The van der Waals surface area contributed by atoms with Gasteiger partial charge in [-0.15, -0.1) is 0 Å². The summed E-state index contributed by atoms with van der Waals surface area (Å²) in [4.78, 5) is 31.2. The molecule has 48 heavy (non-hydrogen) atoms. The molecule has 8 nitrogen and oxygen atoms in total. The van der Waals surface area contributed by atoms with Crippen LogP contribution in [0.2, 0.25) is 0 Å². The van der Waals surface area contributed by atoms with Gasteiger partial charge in [-0.1, -0.05) is 47.6 Å². The van der Waals surface area contributed by atoms with E-state index < -0.39 is 0 Å². The van der Waals surface area contributed by atoms with Crippen molar-refractivity contribution < 1.29 is 9.53 Å². The van der Waals surface area contributed by atoms with Crippen molar-refractivity contribution in [2.24, 2.45) is 11.3 Å². The fourth-order valence-electron chi connectivity index (χ4n) is 6.71. The van der Waals surface area contributed by atoms with Gasteiger partial charge < -0.3 is 15.0 Å². The molecule has 0 spiro atoms. The van der Waals surface area contributed by atoms with Gasteiger partial charge in [0.2, 0.25) is 0 Å². The Labute approximate surface area is 290 Å². The number of fused-ring (bicyclic) bond motifs is 7. The molecule has 6 rings (SSSR count). The van der Waals surface area contributed by atoms with Gasteiger partial charge in [-0.05, 0) is 104 Å². The molecule has 5 heterocycles. The molecule has 254 valence electrons. The van der Waals surface area contributed by atoms with Crippen LogP contribution in [0.3, 0.4) is 0 Å². The summed E-state index contributed by atoms with van der Waals surface area (Å²) < 4.78 is 9.22. The molecule has 0 radical (unpaired) electrons. The average Bonchev–Trinajstić information content (AvgIpc) is 3.33. The van der Waals surface area contributed by atoms with Crippen LogP contribution in [0, 0.1) is 11.3 Å². The summed E-state index contributed by atoms with van der Waals surface area (Å²) >= 11 is 1.22. The number of anilines is 2. The zero-order chi connectivity index (χ0) is 34.3. The summed E-state index contributed by atoms with van der Waals surface area (Å²) in [6.45, 7) is 19.3. The number of carbonyl (C=O) groups excluding carboxylic acids is 1. The van der Waals surface area contributed by atoms with Crippen LogP contribution in [-0.4, -0.2) is 39.5 Å². The van der Waals surface area contributed by atoms with Gasteiger partial charge in [-0.3, -0.25) is 14.5 Å². The monoisotopic (exact) mass is 666 g/mol. The van der Waals surface area contributed by atoms with Crippen LogP contribution in [0.5, 0.6) is 5.75 Å². The van der Waals surface area contributed by atoms with Crippen LogP contribution in [-0.2, 0) is 5.41 Å². The highest BCUT2D eigenvalue weighted by Gasteiger charge is 2.41. The Balaban J connectivity index is 1.37. The highest BCUT2D eigenvalue weighted by molar-refractivity contribution is 7.97. The number of rotatable bonds is 4. The SMILES string of the molecule is CC(C)(C)CCOc1ccc2cc3c(nc2c1)N1C[C@@H](CCC(c2cc(C(C)(C)C)ccn2)Nc2cccc(n2)SNC3=O)CC1(C)C. The molecular weight excluding hydrogens is 617 g/mol. The van der Waals surface area contributed by atoms with Gasteiger partial charge in [0, 0.05) is 41.7 Å². The van der Waals surface area contributed by atoms with E-state index in [2.05, 4.69) is 82.5 Å². The minimum atomic E-state index is -0.190. The van der Waals surface area contributed by atoms with Crippen LogP contribution in [0.25, 0.3) is 10.9 Å². The molecule has 3 aromatic heterocycles. The van der Waals surface area contributed by atoms with Crippen molar-refractivity contribution in [3.05, 3.63) is 77.6 Å². The Morgan fingerprint density at radius 3 is 2.58 bits per heavy atom. The molecule has 1 saturated heterocycles. The maximum atomic E-state index is 13.9. The van der Waals surface area contributed by atoms with Gasteiger partial charge in [0.1, 0.15) is 22.4 Å². The molecule has 4 aromatic rings. The largest absolute Gasteiger partial charge is 0.493 e. The van der Waals surface area contributed by atoms with Crippen molar-refractivity contribution in [2.75, 3.05) is 23.4 Å². The molecule has 1 unspecified atom stereocenters. The van der Waals surface area contributed by atoms with E-state index in [0.29, 0.717) is 28.9 Å². The average molecular weight is 667 g/mol. The van der Waals surface area contributed by atoms with Crippen molar-refractivity contribution >= 4 is 40.4 Å². The Hall–Kier alpha value is -3.85. The minimum absolute atomic E-state index is 0.0111. The van der Waals surface area contributed by atoms with Gasteiger partial charge in [0.05, 0.1) is 29.4 Å². The van der Waals surface area contributed by atoms with Gasteiger partial charge in [-0.2, -0.15) is 0 Å².